The summed E-state index contributed by atoms with van der Waals surface area (Å²) < 4.78 is 14.3. The van der Waals surface area contributed by atoms with Gasteiger partial charge in [-0.15, -0.1) is 0 Å². The molecule has 2 aromatic heterocycles. The number of benzene rings is 2. The lowest BCUT2D eigenvalue weighted by molar-refractivity contribution is 0.0454. The first kappa shape index (κ1) is 22.4. The van der Waals surface area contributed by atoms with Crippen molar-refractivity contribution in [1.29, 1.82) is 0 Å². The zero-order valence-corrected chi connectivity index (χ0v) is 20.6. The minimum absolute atomic E-state index is 0.0473. The van der Waals surface area contributed by atoms with E-state index in [4.69, 9.17) is 4.42 Å². The Hall–Kier alpha value is -3.03. The Bertz CT molecular complexity index is 1260. The first-order chi connectivity index (χ1) is 17.2. The van der Waals surface area contributed by atoms with E-state index in [-0.39, 0.29) is 11.9 Å². The van der Waals surface area contributed by atoms with E-state index in [1.54, 1.807) is 12.3 Å². The molecule has 6 rings (SSSR count). The van der Waals surface area contributed by atoms with Crippen LogP contribution < -0.4 is 0 Å². The molecule has 0 radical (unpaired) electrons. The van der Waals surface area contributed by atoms with Gasteiger partial charge in [0.1, 0.15) is 11.0 Å². The van der Waals surface area contributed by atoms with Gasteiger partial charge in [-0.25, -0.2) is 0 Å². The van der Waals surface area contributed by atoms with E-state index in [9.17, 15) is 4.79 Å². The van der Waals surface area contributed by atoms with Gasteiger partial charge in [-0.2, -0.15) is 8.75 Å². The van der Waals surface area contributed by atoms with Gasteiger partial charge in [0.05, 0.1) is 18.0 Å². The lowest BCUT2D eigenvalue weighted by atomic mass is 9.84. The maximum absolute atomic E-state index is 13.6. The van der Waals surface area contributed by atoms with Crippen LogP contribution in [0.1, 0.15) is 47.4 Å². The Kier molecular flexibility index (Phi) is 6.35. The van der Waals surface area contributed by atoms with Gasteiger partial charge < -0.3 is 9.32 Å². The standard InChI is InChI=1S/C28H30N4O2S/c33-28(27-7-4-16-34-27)32(23-9-10-23)26(18-20-5-2-1-3-6-20)22-12-14-31(15-13-22)19-21-8-11-24-25(17-21)30-35-29-24/h1-8,11,16-17,22-23,26H,9-10,12-15,18-19H2/t26-/m1/s1. The molecule has 2 fully saturated rings. The SMILES string of the molecule is O=C(c1ccco1)N(C1CC1)[C@H](Cc1ccccc1)C1CCN(Cc2ccc3nsnc3c2)CC1. The number of furan rings is 1. The zero-order chi connectivity index (χ0) is 23.6. The Morgan fingerprint density at radius 1 is 0.971 bits per heavy atom. The second kappa shape index (κ2) is 9.91. The predicted octanol–water partition coefficient (Wildman–Crippen LogP) is 5.41. The topological polar surface area (TPSA) is 62.5 Å². The molecule has 2 aromatic carbocycles. The molecule has 1 saturated carbocycles. The van der Waals surface area contributed by atoms with Gasteiger partial charge in [-0.05, 0) is 86.5 Å². The molecule has 0 bridgehead atoms. The zero-order valence-electron chi connectivity index (χ0n) is 19.8. The van der Waals surface area contributed by atoms with E-state index in [1.807, 2.05) is 6.07 Å². The van der Waals surface area contributed by atoms with Crippen molar-refractivity contribution in [2.24, 2.45) is 5.92 Å². The number of hydrogen-bond donors (Lipinski definition) is 0. The third-order valence-electron chi connectivity index (χ3n) is 7.45. The molecule has 180 valence electrons. The van der Waals surface area contributed by atoms with Gasteiger partial charge in [0.2, 0.25) is 0 Å². The number of rotatable bonds is 8. The van der Waals surface area contributed by atoms with Gasteiger partial charge in [0.25, 0.3) is 5.91 Å². The van der Waals surface area contributed by atoms with Crippen molar-refractivity contribution in [3.8, 4) is 0 Å². The Labute approximate surface area is 209 Å². The maximum atomic E-state index is 13.6. The number of hydrogen-bond acceptors (Lipinski definition) is 6. The van der Waals surface area contributed by atoms with Gasteiger partial charge >= 0.3 is 0 Å². The maximum Gasteiger partial charge on any atom is 0.290 e. The average Bonchev–Trinajstić information content (AvgIpc) is 3.36. The summed E-state index contributed by atoms with van der Waals surface area (Å²) in [4.78, 5) is 18.3. The molecule has 1 saturated heterocycles. The first-order valence-electron chi connectivity index (χ1n) is 12.6. The summed E-state index contributed by atoms with van der Waals surface area (Å²) in [6.45, 7) is 3.01. The van der Waals surface area contributed by atoms with Crippen LogP contribution in [0.25, 0.3) is 11.0 Å². The van der Waals surface area contributed by atoms with Crippen molar-refractivity contribution in [2.75, 3.05) is 13.1 Å². The molecule has 1 aliphatic heterocycles. The summed E-state index contributed by atoms with van der Waals surface area (Å²) in [5.74, 6) is 0.974. The summed E-state index contributed by atoms with van der Waals surface area (Å²) in [7, 11) is 0. The highest BCUT2D eigenvalue weighted by Gasteiger charge is 2.42. The normalized spacial score (nSPS) is 18.1. The number of likely N-dealkylation sites (tertiary alicyclic amines) is 1. The molecule has 0 N–H and O–H groups in total. The molecule has 1 atom stereocenters. The molecule has 6 nitrogen and oxygen atoms in total. The molecule has 2 aliphatic rings. The molecular formula is C28H30N4O2S. The van der Waals surface area contributed by atoms with E-state index in [1.165, 1.54) is 22.9 Å². The van der Waals surface area contributed by atoms with Gasteiger partial charge in [-0.3, -0.25) is 9.69 Å². The lowest BCUT2D eigenvalue weighted by Gasteiger charge is -2.41. The fourth-order valence-corrected chi connectivity index (χ4v) is 6.01. The summed E-state index contributed by atoms with van der Waals surface area (Å²) >= 11 is 1.27. The van der Waals surface area contributed by atoms with Crippen LogP contribution in [0.2, 0.25) is 0 Å². The summed E-state index contributed by atoms with van der Waals surface area (Å²) in [6, 6.07) is 21.2. The largest absolute Gasteiger partial charge is 0.459 e. The predicted molar refractivity (Wildman–Crippen MR) is 137 cm³/mol. The van der Waals surface area contributed by atoms with Crippen LogP contribution in [0.3, 0.4) is 0 Å². The molecule has 35 heavy (non-hydrogen) atoms. The number of nitrogens with zero attached hydrogens (tertiary/aromatic N) is 4. The quantitative estimate of drug-likeness (QED) is 0.333. The monoisotopic (exact) mass is 486 g/mol. The second-order valence-electron chi connectivity index (χ2n) is 9.88. The molecule has 1 amide bonds. The van der Waals surface area contributed by atoms with E-state index in [0.717, 1.165) is 62.8 Å². The van der Waals surface area contributed by atoms with Crippen molar-refractivity contribution in [2.45, 2.75) is 50.7 Å². The van der Waals surface area contributed by atoms with Crippen LogP contribution in [0.4, 0.5) is 0 Å². The van der Waals surface area contributed by atoms with Crippen LogP contribution in [0, 0.1) is 5.92 Å². The highest BCUT2D eigenvalue weighted by molar-refractivity contribution is 7.00. The molecule has 4 aromatic rings. The highest BCUT2D eigenvalue weighted by atomic mass is 32.1. The smallest absolute Gasteiger partial charge is 0.290 e. The number of aromatic nitrogens is 2. The summed E-state index contributed by atoms with van der Waals surface area (Å²) in [6.07, 6.45) is 6.85. The lowest BCUT2D eigenvalue weighted by Crippen LogP contribution is -2.50. The average molecular weight is 487 g/mol. The first-order valence-corrected chi connectivity index (χ1v) is 13.3. The van der Waals surface area contributed by atoms with E-state index in [0.29, 0.717) is 17.7 Å². The number of fused-ring (bicyclic) bond motifs is 1. The third-order valence-corrected chi connectivity index (χ3v) is 8.01. The van der Waals surface area contributed by atoms with E-state index < -0.39 is 0 Å². The van der Waals surface area contributed by atoms with Gasteiger partial charge in [0, 0.05) is 18.6 Å². The van der Waals surface area contributed by atoms with Crippen molar-refractivity contribution < 1.29 is 9.21 Å². The molecule has 3 heterocycles. The Morgan fingerprint density at radius 2 is 1.77 bits per heavy atom. The van der Waals surface area contributed by atoms with Crippen molar-refractivity contribution in [3.05, 3.63) is 83.8 Å². The molecule has 0 spiro atoms. The van der Waals surface area contributed by atoms with Gasteiger partial charge in [-0.1, -0.05) is 36.4 Å². The third kappa shape index (κ3) is 5.02. The molecule has 1 aliphatic carbocycles. The molecular weight excluding hydrogens is 456 g/mol. The van der Waals surface area contributed by atoms with Crippen LogP contribution >= 0.6 is 11.7 Å². The van der Waals surface area contributed by atoms with Gasteiger partial charge in [0.15, 0.2) is 5.76 Å². The van der Waals surface area contributed by atoms with Crippen LogP contribution in [-0.2, 0) is 13.0 Å². The Morgan fingerprint density at radius 3 is 2.51 bits per heavy atom. The summed E-state index contributed by atoms with van der Waals surface area (Å²) in [5, 5.41) is 0. The van der Waals surface area contributed by atoms with Crippen molar-refractivity contribution in [3.63, 3.8) is 0 Å². The van der Waals surface area contributed by atoms with Crippen molar-refractivity contribution in [1.82, 2.24) is 18.5 Å². The molecule has 7 heteroatoms. The van der Waals surface area contributed by atoms with E-state index in [2.05, 4.69) is 67.1 Å². The Balaban J connectivity index is 1.19. The van der Waals surface area contributed by atoms with Crippen LogP contribution in [0.5, 0.6) is 0 Å². The number of carbonyl (C=O) groups is 1. The molecule has 0 unspecified atom stereocenters. The highest BCUT2D eigenvalue weighted by Crippen LogP contribution is 2.36. The number of amides is 1. The minimum Gasteiger partial charge on any atom is -0.459 e. The summed E-state index contributed by atoms with van der Waals surface area (Å²) in [5.41, 5.74) is 4.55. The fourth-order valence-electron chi connectivity index (χ4n) is 5.50. The van der Waals surface area contributed by atoms with Crippen LogP contribution in [0.15, 0.2) is 71.3 Å². The fraction of sp³-hybridized carbons (Fsp3) is 0.393. The van der Waals surface area contributed by atoms with E-state index >= 15 is 0 Å². The minimum atomic E-state index is 0.0473. The number of piperidine rings is 1. The van der Waals surface area contributed by atoms with Crippen LogP contribution in [-0.4, -0.2) is 49.6 Å². The number of carbonyl (C=O) groups excluding carboxylic acids is 1. The second-order valence-corrected chi connectivity index (χ2v) is 10.4. The van der Waals surface area contributed by atoms with Crippen molar-refractivity contribution >= 4 is 28.7 Å².